The molecule has 0 saturated carbocycles. The zero-order valence-electron chi connectivity index (χ0n) is 9.79. The summed E-state index contributed by atoms with van der Waals surface area (Å²) in [4.78, 5) is 15.8. The first kappa shape index (κ1) is 12.4. The van der Waals surface area contributed by atoms with Gasteiger partial charge in [-0.25, -0.2) is 0 Å². The van der Waals surface area contributed by atoms with Crippen molar-refractivity contribution in [2.75, 3.05) is 6.26 Å². The molecule has 1 aromatic carbocycles. The maximum Gasteiger partial charge on any atom is 0.250 e. The highest BCUT2D eigenvalue weighted by Crippen LogP contribution is 2.20. The average Bonchev–Trinajstić information content (AvgIpc) is 2.39. The highest BCUT2D eigenvalue weighted by atomic mass is 32.2. The minimum atomic E-state index is -0.995. The lowest BCUT2D eigenvalue weighted by molar-refractivity contribution is 0.1000. The number of amides is 1. The fourth-order valence-electron chi connectivity index (χ4n) is 1.57. The van der Waals surface area contributed by atoms with E-state index in [0.717, 1.165) is 16.0 Å². The molecule has 0 aliphatic heterocycles. The molecule has 1 amide bonds. The summed E-state index contributed by atoms with van der Waals surface area (Å²) >= 11 is 0. The van der Waals surface area contributed by atoms with E-state index in [1.54, 1.807) is 30.7 Å². The molecular formula is C13H12N2O2S. The molecule has 18 heavy (non-hydrogen) atoms. The molecule has 5 heteroatoms. The van der Waals surface area contributed by atoms with Crippen molar-refractivity contribution in [1.82, 2.24) is 4.98 Å². The molecule has 2 aromatic rings. The van der Waals surface area contributed by atoms with Crippen molar-refractivity contribution in [3.05, 3.63) is 48.3 Å². The van der Waals surface area contributed by atoms with Crippen molar-refractivity contribution in [2.24, 2.45) is 5.73 Å². The maximum absolute atomic E-state index is 11.3. The Morgan fingerprint density at radius 1 is 1.17 bits per heavy atom. The lowest BCUT2D eigenvalue weighted by atomic mass is 10.1. The molecule has 0 unspecified atom stereocenters. The van der Waals surface area contributed by atoms with E-state index in [1.807, 2.05) is 12.1 Å². The zero-order chi connectivity index (χ0) is 13.1. The first-order chi connectivity index (χ1) is 8.58. The number of carbonyl (C=O) groups is 1. The number of aromatic nitrogens is 1. The molecule has 0 aliphatic carbocycles. The molecule has 2 rings (SSSR count). The Kier molecular flexibility index (Phi) is 3.53. The van der Waals surface area contributed by atoms with Crippen LogP contribution in [0, 0.1) is 0 Å². The number of benzene rings is 1. The van der Waals surface area contributed by atoms with Crippen molar-refractivity contribution in [3.63, 3.8) is 0 Å². The number of rotatable bonds is 3. The summed E-state index contributed by atoms with van der Waals surface area (Å²) in [6, 6.07) is 8.97. The van der Waals surface area contributed by atoms with Gasteiger partial charge in [-0.1, -0.05) is 12.1 Å². The van der Waals surface area contributed by atoms with Crippen molar-refractivity contribution in [3.8, 4) is 11.1 Å². The van der Waals surface area contributed by atoms with Crippen LogP contribution in [0.5, 0.6) is 0 Å². The van der Waals surface area contributed by atoms with Crippen LogP contribution in [0.15, 0.2) is 47.6 Å². The van der Waals surface area contributed by atoms with Gasteiger partial charge < -0.3 is 5.73 Å². The SMILES string of the molecule is C[S@](=O)c1ccc(-c2cncc(C(N)=O)c2)cc1. The van der Waals surface area contributed by atoms with Crippen LogP contribution < -0.4 is 5.73 Å². The number of hydrogen-bond donors (Lipinski definition) is 1. The maximum atomic E-state index is 11.3. The van der Waals surface area contributed by atoms with Crippen molar-refractivity contribution < 1.29 is 9.00 Å². The lowest BCUT2D eigenvalue weighted by Crippen LogP contribution is -2.11. The van der Waals surface area contributed by atoms with Crippen LogP contribution in [0.1, 0.15) is 10.4 Å². The summed E-state index contributed by atoms with van der Waals surface area (Å²) < 4.78 is 11.3. The van der Waals surface area contributed by atoms with Crippen LogP contribution in [-0.4, -0.2) is 21.4 Å². The minimum Gasteiger partial charge on any atom is -0.366 e. The largest absolute Gasteiger partial charge is 0.366 e. The van der Waals surface area contributed by atoms with E-state index in [-0.39, 0.29) is 0 Å². The third-order valence-corrected chi connectivity index (χ3v) is 3.48. The summed E-state index contributed by atoms with van der Waals surface area (Å²) in [5.41, 5.74) is 7.28. The van der Waals surface area contributed by atoms with Gasteiger partial charge in [-0.15, -0.1) is 0 Å². The Morgan fingerprint density at radius 2 is 1.83 bits per heavy atom. The molecular weight excluding hydrogens is 248 g/mol. The van der Waals surface area contributed by atoms with E-state index in [2.05, 4.69) is 4.98 Å². The number of carbonyl (C=O) groups excluding carboxylic acids is 1. The molecule has 0 fully saturated rings. The van der Waals surface area contributed by atoms with Gasteiger partial charge >= 0.3 is 0 Å². The topological polar surface area (TPSA) is 73.1 Å². The third kappa shape index (κ3) is 2.62. The second-order valence-corrected chi connectivity index (χ2v) is 5.18. The molecule has 0 bridgehead atoms. The molecule has 4 nitrogen and oxygen atoms in total. The van der Waals surface area contributed by atoms with Crippen LogP contribution in [-0.2, 0) is 10.8 Å². The summed E-state index contributed by atoms with van der Waals surface area (Å²) in [7, 11) is -0.995. The van der Waals surface area contributed by atoms with Crippen LogP contribution in [0.3, 0.4) is 0 Å². The number of primary amides is 1. The van der Waals surface area contributed by atoms with Gasteiger partial charge in [0.15, 0.2) is 0 Å². The number of pyridine rings is 1. The van der Waals surface area contributed by atoms with Crippen molar-refractivity contribution >= 4 is 16.7 Å². The van der Waals surface area contributed by atoms with Crippen LogP contribution >= 0.6 is 0 Å². The highest BCUT2D eigenvalue weighted by Gasteiger charge is 2.05. The monoisotopic (exact) mass is 260 g/mol. The average molecular weight is 260 g/mol. The molecule has 2 N–H and O–H groups in total. The Bertz CT molecular complexity index is 609. The molecule has 0 saturated heterocycles. The van der Waals surface area contributed by atoms with Crippen molar-refractivity contribution in [2.45, 2.75) is 4.90 Å². The van der Waals surface area contributed by atoms with Gasteiger partial charge in [0.2, 0.25) is 5.91 Å². The quantitative estimate of drug-likeness (QED) is 0.910. The predicted octanol–water partition coefficient (Wildman–Crippen LogP) is 1.58. The lowest BCUT2D eigenvalue weighted by Gasteiger charge is -2.03. The smallest absolute Gasteiger partial charge is 0.250 e. The van der Waals surface area contributed by atoms with Gasteiger partial charge in [0, 0.05) is 39.9 Å². The molecule has 1 aromatic heterocycles. The fraction of sp³-hybridized carbons (Fsp3) is 0.0769. The normalized spacial score (nSPS) is 12.1. The van der Waals surface area contributed by atoms with E-state index in [0.29, 0.717) is 5.56 Å². The van der Waals surface area contributed by atoms with E-state index in [9.17, 15) is 9.00 Å². The summed E-state index contributed by atoms with van der Waals surface area (Å²) in [5.74, 6) is -0.504. The summed E-state index contributed by atoms with van der Waals surface area (Å²) in [5, 5.41) is 0. The van der Waals surface area contributed by atoms with Gasteiger partial charge in [-0.3, -0.25) is 14.0 Å². The summed E-state index contributed by atoms with van der Waals surface area (Å²) in [6.45, 7) is 0. The van der Waals surface area contributed by atoms with E-state index in [4.69, 9.17) is 5.73 Å². The first-order valence-corrected chi connectivity index (χ1v) is 6.82. The molecule has 0 radical (unpaired) electrons. The zero-order valence-corrected chi connectivity index (χ0v) is 10.6. The third-order valence-electron chi connectivity index (χ3n) is 2.54. The number of nitrogens with two attached hydrogens (primary N) is 1. The first-order valence-electron chi connectivity index (χ1n) is 5.26. The Hall–Kier alpha value is -2.01. The number of hydrogen-bond acceptors (Lipinski definition) is 3. The van der Waals surface area contributed by atoms with Gasteiger partial charge in [0.25, 0.3) is 0 Å². The second-order valence-electron chi connectivity index (χ2n) is 3.81. The Balaban J connectivity index is 2.39. The standard InChI is InChI=1S/C13H12N2O2S/c1-18(17)12-4-2-9(3-5-12)10-6-11(13(14)16)8-15-7-10/h2-8H,1H3,(H2,14,16)/t18-/m0/s1. The highest BCUT2D eigenvalue weighted by molar-refractivity contribution is 7.84. The molecule has 0 spiro atoms. The fourth-order valence-corrected chi connectivity index (χ4v) is 2.09. The van der Waals surface area contributed by atoms with Gasteiger partial charge in [0.05, 0.1) is 5.56 Å². The predicted molar refractivity (Wildman–Crippen MR) is 70.5 cm³/mol. The van der Waals surface area contributed by atoms with Crippen LogP contribution in [0.2, 0.25) is 0 Å². The van der Waals surface area contributed by atoms with E-state index < -0.39 is 16.7 Å². The molecule has 92 valence electrons. The second kappa shape index (κ2) is 5.10. The van der Waals surface area contributed by atoms with Crippen LogP contribution in [0.4, 0.5) is 0 Å². The van der Waals surface area contributed by atoms with Gasteiger partial charge in [-0.2, -0.15) is 0 Å². The summed E-state index contributed by atoms with van der Waals surface area (Å²) in [6.07, 6.45) is 4.72. The molecule has 1 heterocycles. The van der Waals surface area contributed by atoms with Gasteiger partial charge in [-0.05, 0) is 23.8 Å². The number of nitrogens with zero attached hydrogens (tertiary/aromatic N) is 1. The van der Waals surface area contributed by atoms with E-state index >= 15 is 0 Å². The van der Waals surface area contributed by atoms with Crippen LogP contribution in [0.25, 0.3) is 11.1 Å². The minimum absolute atomic E-state index is 0.371. The Morgan fingerprint density at radius 3 is 2.39 bits per heavy atom. The van der Waals surface area contributed by atoms with Gasteiger partial charge in [0.1, 0.15) is 0 Å². The Labute approximate surface area is 107 Å². The molecule has 0 aliphatic rings. The van der Waals surface area contributed by atoms with E-state index in [1.165, 1.54) is 6.20 Å². The molecule has 1 atom stereocenters. The van der Waals surface area contributed by atoms with Crippen molar-refractivity contribution in [1.29, 1.82) is 0 Å².